The van der Waals surface area contributed by atoms with Gasteiger partial charge in [-0.3, -0.25) is 9.69 Å². The number of carbonyl (C=O) groups is 3. The van der Waals surface area contributed by atoms with Crippen molar-refractivity contribution in [2.75, 3.05) is 32.1 Å². The van der Waals surface area contributed by atoms with Crippen LogP contribution in [0.3, 0.4) is 0 Å². The summed E-state index contributed by atoms with van der Waals surface area (Å²) in [6.07, 6.45) is 0.476. The highest BCUT2D eigenvalue weighted by molar-refractivity contribution is 7.99. The number of halogens is 2. The third-order valence-electron chi connectivity index (χ3n) is 5.50. The van der Waals surface area contributed by atoms with Gasteiger partial charge in [-0.05, 0) is 25.8 Å². The summed E-state index contributed by atoms with van der Waals surface area (Å²) in [5.74, 6) is -2.02. The van der Waals surface area contributed by atoms with Crippen LogP contribution in [0.5, 0.6) is 0 Å². The van der Waals surface area contributed by atoms with Gasteiger partial charge in [-0.25, -0.2) is 23.4 Å². The Bertz CT molecular complexity index is 1040. The van der Waals surface area contributed by atoms with Crippen LogP contribution in [0.1, 0.15) is 19.8 Å². The third kappa shape index (κ3) is 4.50. The number of benzene rings is 1. The summed E-state index contributed by atoms with van der Waals surface area (Å²) in [5, 5.41) is 0.324. The van der Waals surface area contributed by atoms with E-state index in [1.165, 1.54) is 4.90 Å². The number of nitrogens with zero attached hydrogens (tertiary/aromatic N) is 3. The SMILES string of the molecule is CCOC(=O)[C@@H]1COC(=O)N1C1CCN(C(=O)CSc2nc3c(F)cc(F)cc3[nH]2)CC1. The summed E-state index contributed by atoms with van der Waals surface area (Å²) in [6.45, 7) is 2.72. The zero-order valence-corrected chi connectivity index (χ0v) is 18.1. The number of cyclic esters (lactones) is 1. The van der Waals surface area contributed by atoms with Crippen LogP contribution in [0.25, 0.3) is 11.0 Å². The topological polar surface area (TPSA) is 105 Å². The van der Waals surface area contributed by atoms with Crippen LogP contribution >= 0.6 is 11.8 Å². The van der Waals surface area contributed by atoms with E-state index in [0.29, 0.717) is 31.1 Å². The zero-order valence-electron chi connectivity index (χ0n) is 17.3. The number of amides is 2. The first-order chi connectivity index (χ1) is 15.4. The Morgan fingerprint density at radius 1 is 1.31 bits per heavy atom. The molecular weight excluding hydrogens is 446 g/mol. The molecule has 1 atom stereocenters. The minimum absolute atomic E-state index is 0.0239. The standard InChI is InChI=1S/C20H22F2N4O5S/c1-2-30-18(28)15-9-31-20(29)26(15)12-3-5-25(6-4-12)16(27)10-32-19-23-14-8-11(21)7-13(22)17(14)24-19/h7-8,12,15H,2-6,9-10H2,1H3,(H,23,24)/t15-/m0/s1. The monoisotopic (exact) mass is 468 g/mol. The molecule has 2 fully saturated rings. The number of ether oxygens (including phenoxy) is 2. The molecule has 2 amide bonds. The number of piperidine rings is 1. The fourth-order valence-electron chi connectivity index (χ4n) is 3.96. The van der Waals surface area contributed by atoms with Crippen molar-refractivity contribution in [2.24, 2.45) is 0 Å². The maximum absolute atomic E-state index is 13.8. The van der Waals surface area contributed by atoms with Gasteiger partial charge in [0.15, 0.2) is 17.0 Å². The van der Waals surface area contributed by atoms with Gasteiger partial charge in [0.25, 0.3) is 0 Å². The number of carbonyl (C=O) groups excluding carboxylic acids is 3. The summed E-state index contributed by atoms with van der Waals surface area (Å²) in [7, 11) is 0. The zero-order chi connectivity index (χ0) is 22.8. The van der Waals surface area contributed by atoms with E-state index in [1.807, 2.05) is 0 Å². The second-order valence-corrected chi connectivity index (χ2v) is 8.44. The molecule has 12 heteroatoms. The predicted molar refractivity (Wildman–Crippen MR) is 110 cm³/mol. The fourth-order valence-corrected chi connectivity index (χ4v) is 4.74. The number of thioether (sulfide) groups is 1. The first-order valence-electron chi connectivity index (χ1n) is 10.2. The van der Waals surface area contributed by atoms with Gasteiger partial charge in [0.2, 0.25) is 5.91 Å². The van der Waals surface area contributed by atoms with Gasteiger partial charge in [-0.1, -0.05) is 11.8 Å². The van der Waals surface area contributed by atoms with Crippen molar-refractivity contribution >= 4 is 40.8 Å². The van der Waals surface area contributed by atoms with Crippen molar-refractivity contribution in [3.63, 3.8) is 0 Å². The van der Waals surface area contributed by atoms with Crippen molar-refractivity contribution < 1.29 is 32.6 Å². The number of hydrogen-bond donors (Lipinski definition) is 1. The number of esters is 1. The number of imidazole rings is 1. The van der Waals surface area contributed by atoms with Crippen LogP contribution in [0.2, 0.25) is 0 Å². The third-order valence-corrected chi connectivity index (χ3v) is 6.35. The van der Waals surface area contributed by atoms with E-state index in [0.717, 1.165) is 23.9 Å². The molecule has 2 aromatic rings. The number of aromatic nitrogens is 2. The van der Waals surface area contributed by atoms with Crippen LogP contribution in [0.4, 0.5) is 13.6 Å². The summed E-state index contributed by atoms with van der Waals surface area (Å²) in [5.41, 5.74) is 0.253. The Kier molecular flexibility index (Phi) is 6.49. The summed E-state index contributed by atoms with van der Waals surface area (Å²) in [4.78, 5) is 46.9. The van der Waals surface area contributed by atoms with Crippen LogP contribution in [-0.4, -0.2) is 81.9 Å². The number of rotatable bonds is 6. The molecule has 0 spiro atoms. The molecule has 9 nitrogen and oxygen atoms in total. The largest absolute Gasteiger partial charge is 0.464 e. The number of aromatic amines is 1. The first-order valence-corrected chi connectivity index (χ1v) is 11.2. The molecule has 172 valence electrons. The lowest BCUT2D eigenvalue weighted by atomic mass is 10.0. The second kappa shape index (κ2) is 9.31. The van der Waals surface area contributed by atoms with E-state index < -0.39 is 29.7 Å². The average Bonchev–Trinajstić information content (AvgIpc) is 3.35. The van der Waals surface area contributed by atoms with E-state index in [-0.39, 0.29) is 41.9 Å². The smallest absolute Gasteiger partial charge is 0.410 e. The van der Waals surface area contributed by atoms with Crippen LogP contribution in [-0.2, 0) is 19.1 Å². The van der Waals surface area contributed by atoms with Crippen LogP contribution in [0.15, 0.2) is 17.3 Å². The lowest BCUT2D eigenvalue weighted by Gasteiger charge is -2.37. The Labute approximate surface area is 186 Å². The molecule has 32 heavy (non-hydrogen) atoms. The van der Waals surface area contributed by atoms with Crippen LogP contribution < -0.4 is 0 Å². The maximum atomic E-state index is 13.8. The van der Waals surface area contributed by atoms with Crippen molar-refractivity contribution in [1.29, 1.82) is 0 Å². The number of fused-ring (bicyclic) bond motifs is 1. The number of hydrogen-bond acceptors (Lipinski definition) is 7. The maximum Gasteiger partial charge on any atom is 0.410 e. The highest BCUT2D eigenvalue weighted by atomic mass is 32.2. The van der Waals surface area contributed by atoms with E-state index in [1.54, 1.807) is 11.8 Å². The van der Waals surface area contributed by atoms with Gasteiger partial charge >= 0.3 is 12.1 Å². The summed E-state index contributed by atoms with van der Waals surface area (Å²) in [6, 6.07) is 0.929. The van der Waals surface area contributed by atoms with Gasteiger partial charge in [-0.15, -0.1) is 0 Å². The Morgan fingerprint density at radius 2 is 2.06 bits per heavy atom. The van der Waals surface area contributed by atoms with Gasteiger partial charge in [0.05, 0.1) is 17.9 Å². The molecule has 1 N–H and O–H groups in total. The predicted octanol–water partition coefficient (Wildman–Crippen LogP) is 2.31. The molecule has 2 aliphatic heterocycles. The molecule has 4 rings (SSSR count). The Morgan fingerprint density at radius 3 is 2.78 bits per heavy atom. The number of nitrogens with one attached hydrogen (secondary N) is 1. The quantitative estimate of drug-likeness (QED) is 0.512. The van der Waals surface area contributed by atoms with Gasteiger partial charge < -0.3 is 19.4 Å². The second-order valence-electron chi connectivity index (χ2n) is 7.48. The first kappa shape index (κ1) is 22.3. The number of H-pyrrole nitrogens is 1. The Hall–Kier alpha value is -2.89. The summed E-state index contributed by atoms with van der Waals surface area (Å²) < 4.78 is 37.2. The molecule has 0 bridgehead atoms. The van der Waals surface area contributed by atoms with E-state index >= 15 is 0 Å². The molecule has 0 saturated carbocycles. The van der Waals surface area contributed by atoms with Crippen molar-refractivity contribution in [3.8, 4) is 0 Å². The van der Waals surface area contributed by atoms with E-state index in [9.17, 15) is 23.2 Å². The highest BCUT2D eigenvalue weighted by Gasteiger charge is 2.44. The molecule has 2 aliphatic rings. The van der Waals surface area contributed by atoms with Gasteiger partial charge in [0.1, 0.15) is 17.9 Å². The normalized spacial score (nSPS) is 19.5. The van der Waals surface area contributed by atoms with Crippen molar-refractivity contribution in [2.45, 2.75) is 37.0 Å². The highest BCUT2D eigenvalue weighted by Crippen LogP contribution is 2.26. The van der Waals surface area contributed by atoms with E-state index in [2.05, 4.69) is 9.97 Å². The molecule has 0 unspecified atom stereocenters. The molecule has 0 aliphatic carbocycles. The van der Waals surface area contributed by atoms with Crippen molar-refractivity contribution in [3.05, 3.63) is 23.8 Å². The molecule has 1 aromatic carbocycles. The Balaban J connectivity index is 1.31. The van der Waals surface area contributed by atoms with Gasteiger partial charge in [-0.2, -0.15) is 0 Å². The molecule has 3 heterocycles. The molecule has 0 radical (unpaired) electrons. The molecule has 2 saturated heterocycles. The molecular formula is C20H22F2N4O5S. The minimum Gasteiger partial charge on any atom is -0.464 e. The lowest BCUT2D eigenvalue weighted by molar-refractivity contribution is -0.148. The lowest BCUT2D eigenvalue weighted by Crippen LogP contribution is -2.52. The van der Waals surface area contributed by atoms with Crippen molar-refractivity contribution in [1.82, 2.24) is 19.8 Å². The molecule has 1 aromatic heterocycles. The van der Waals surface area contributed by atoms with Gasteiger partial charge in [0, 0.05) is 25.2 Å². The van der Waals surface area contributed by atoms with Crippen LogP contribution in [0, 0.1) is 11.6 Å². The minimum atomic E-state index is -0.766. The number of likely N-dealkylation sites (tertiary alicyclic amines) is 1. The van der Waals surface area contributed by atoms with E-state index in [4.69, 9.17) is 9.47 Å². The summed E-state index contributed by atoms with van der Waals surface area (Å²) >= 11 is 1.11. The average molecular weight is 468 g/mol. The fraction of sp³-hybridized carbons (Fsp3) is 0.500.